The van der Waals surface area contributed by atoms with Crippen molar-refractivity contribution in [1.82, 2.24) is 4.72 Å². The van der Waals surface area contributed by atoms with E-state index in [9.17, 15) is 13.2 Å². The standard InChI is InChI=1S/C14H14N2O4S/c1-20-8-7-15-21(18,19)12-6-5-11-13-9(12)3-2-4-10(13)14(17)16-11/h2-6,15H,7-8H2,1H3,(H,16,17). The van der Waals surface area contributed by atoms with Gasteiger partial charge in [0.15, 0.2) is 0 Å². The lowest BCUT2D eigenvalue weighted by molar-refractivity contribution is 0.103. The van der Waals surface area contributed by atoms with E-state index in [1.165, 1.54) is 13.2 Å². The van der Waals surface area contributed by atoms with Gasteiger partial charge in [0.1, 0.15) is 0 Å². The largest absolute Gasteiger partial charge is 0.383 e. The molecule has 2 N–H and O–H groups in total. The molecule has 1 aliphatic heterocycles. The second kappa shape index (κ2) is 5.10. The van der Waals surface area contributed by atoms with Crippen LogP contribution in [0.3, 0.4) is 0 Å². The first-order valence-corrected chi connectivity index (χ1v) is 7.88. The van der Waals surface area contributed by atoms with E-state index in [1.807, 2.05) is 0 Å². The number of sulfonamides is 1. The summed E-state index contributed by atoms with van der Waals surface area (Å²) in [6, 6.07) is 8.18. The summed E-state index contributed by atoms with van der Waals surface area (Å²) in [5, 5.41) is 3.91. The van der Waals surface area contributed by atoms with Crippen LogP contribution < -0.4 is 10.0 Å². The van der Waals surface area contributed by atoms with Gasteiger partial charge in [-0.2, -0.15) is 0 Å². The monoisotopic (exact) mass is 306 g/mol. The van der Waals surface area contributed by atoms with Crippen LogP contribution in [0.25, 0.3) is 10.8 Å². The number of methoxy groups -OCH3 is 1. The summed E-state index contributed by atoms with van der Waals surface area (Å²) in [6.07, 6.45) is 0. The number of rotatable bonds is 5. The van der Waals surface area contributed by atoms with E-state index in [0.29, 0.717) is 28.6 Å². The van der Waals surface area contributed by atoms with Crippen molar-refractivity contribution < 1.29 is 17.9 Å². The highest BCUT2D eigenvalue weighted by atomic mass is 32.2. The van der Waals surface area contributed by atoms with Crippen molar-refractivity contribution in [3.63, 3.8) is 0 Å². The fourth-order valence-electron chi connectivity index (χ4n) is 2.45. The number of amides is 1. The fraction of sp³-hybridized carbons (Fsp3) is 0.214. The molecule has 21 heavy (non-hydrogen) atoms. The molecule has 110 valence electrons. The van der Waals surface area contributed by atoms with Gasteiger partial charge in [0.2, 0.25) is 10.0 Å². The van der Waals surface area contributed by atoms with Gasteiger partial charge in [0, 0.05) is 35.7 Å². The average Bonchev–Trinajstić information content (AvgIpc) is 2.78. The lowest BCUT2D eigenvalue weighted by Gasteiger charge is -2.10. The number of carbonyl (C=O) groups excluding carboxylic acids is 1. The molecule has 0 saturated carbocycles. The molecule has 0 unspecified atom stereocenters. The Morgan fingerprint density at radius 2 is 2.05 bits per heavy atom. The van der Waals surface area contributed by atoms with E-state index < -0.39 is 10.0 Å². The molecule has 0 spiro atoms. The van der Waals surface area contributed by atoms with Gasteiger partial charge in [-0.25, -0.2) is 13.1 Å². The van der Waals surface area contributed by atoms with Crippen LogP contribution in [0, 0.1) is 0 Å². The maximum absolute atomic E-state index is 12.4. The van der Waals surface area contributed by atoms with Crippen LogP contribution in [0.15, 0.2) is 35.2 Å². The van der Waals surface area contributed by atoms with E-state index >= 15 is 0 Å². The second-order valence-corrected chi connectivity index (χ2v) is 6.42. The third kappa shape index (κ3) is 2.29. The highest BCUT2D eigenvalue weighted by Crippen LogP contribution is 2.36. The molecule has 0 radical (unpaired) electrons. The maximum atomic E-state index is 12.4. The number of benzene rings is 2. The normalized spacial score (nSPS) is 13.7. The Bertz CT molecular complexity index is 830. The summed E-state index contributed by atoms with van der Waals surface area (Å²) in [6.45, 7) is 0.486. The first-order chi connectivity index (χ1) is 10.0. The minimum absolute atomic E-state index is 0.163. The van der Waals surface area contributed by atoms with Crippen molar-refractivity contribution in [3.05, 3.63) is 35.9 Å². The highest BCUT2D eigenvalue weighted by molar-refractivity contribution is 7.89. The summed E-state index contributed by atoms with van der Waals surface area (Å²) in [7, 11) is -2.15. The van der Waals surface area contributed by atoms with Crippen molar-refractivity contribution in [2.45, 2.75) is 4.90 Å². The van der Waals surface area contributed by atoms with Gasteiger partial charge in [-0.1, -0.05) is 12.1 Å². The van der Waals surface area contributed by atoms with Gasteiger partial charge in [0.05, 0.1) is 11.5 Å². The molecule has 2 aromatic rings. The molecule has 0 aromatic heterocycles. The van der Waals surface area contributed by atoms with Crippen molar-refractivity contribution in [2.75, 3.05) is 25.6 Å². The zero-order valence-electron chi connectivity index (χ0n) is 11.3. The van der Waals surface area contributed by atoms with E-state index in [-0.39, 0.29) is 17.3 Å². The molecule has 2 aromatic carbocycles. The van der Waals surface area contributed by atoms with Crippen LogP contribution in [0.4, 0.5) is 5.69 Å². The number of ether oxygens (including phenoxy) is 1. The molecule has 0 aliphatic carbocycles. The first-order valence-electron chi connectivity index (χ1n) is 6.40. The molecule has 0 fully saturated rings. The number of hydrogen-bond acceptors (Lipinski definition) is 4. The van der Waals surface area contributed by atoms with E-state index in [4.69, 9.17) is 4.74 Å². The van der Waals surface area contributed by atoms with E-state index in [2.05, 4.69) is 10.0 Å². The topological polar surface area (TPSA) is 84.5 Å². The molecule has 1 aliphatic rings. The van der Waals surface area contributed by atoms with E-state index in [1.54, 1.807) is 24.3 Å². The van der Waals surface area contributed by atoms with Crippen LogP contribution in [-0.4, -0.2) is 34.6 Å². The number of hydrogen-bond donors (Lipinski definition) is 2. The molecule has 3 rings (SSSR count). The lowest BCUT2D eigenvalue weighted by atomic mass is 10.1. The Hall–Kier alpha value is -1.96. The Morgan fingerprint density at radius 3 is 2.81 bits per heavy atom. The fourth-order valence-corrected chi connectivity index (χ4v) is 3.67. The Kier molecular flexibility index (Phi) is 3.40. The van der Waals surface area contributed by atoms with Crippen LogP contribution in [0.2, 0.25) is 0 Å². The van der Waals surface area contributed by atoms with Crippen LogP contribution >= 0.6 is 0 Å². The summed E-state index contributed by atoms with van der Waals surface area (Å²) >= 11 is 0. The van der Waals surface area contributed by atoms with Crippen molar-refractivity contribution in [1.29, 1.82) is 0 Å². The first kappa shape index (κ1) is 14.0. The van der Waals surface area contributed by atoms with Gasteiger partial charge >= 0.3 is 0 Å². The number of carbonyl (C=O) groups is 1. The zero-order valence-corrected chi connectivity index (χ0v) is 12.2. The SMILES string of the molecule is COCCNS(=O)(=O)c1ccc2c3c(cccc13)C(=O)N2. The molecule has 7 heteroatoms. The van der Waals surface area contributed by atoms with Gasteiger partial charge in [-0.3, -0.25) is 4.79 Å². The summed E-state index contributed by atoms with van der Waals surface area (Å²) in [4.78, 5) is 12.0. The molecule has 6 nitrogen and oxygen atoms in total. The Balaban J connectivity index is 2.14. The van der Waals surface area contributed by atoms with Crippen molar-refractivity contribution in [2.24, 2.45) is 0 Å². The van der Waals surface area contributed by atoms with Crippen LogP contribution in [0.1, 0.15) is 10.4 Å². The number of anilines is 1. The minimum atomic E-state index is -3.65. The van der Waals surface area contributed by atoms with Crippen LogP contribution in [0.5, 0.6) is 0 Å². The molecule has 0 bridgehead atoms. The van der Waals surface area contributed by atoms with Crippen molar-refractivity contribution >= 4 is 32.4 Å². The lowest BCUT2D eigenvalue weighted by Crippen LogP contribution is -2.27. The van der Waals surface area contributed by atoms with Gasteiger partial charge in [-0.05, 0) is 18.2 Å². The molecule has 0 atom stereocenters. The number of nitrogens with one attached hydrogen (secondary N) is 2. The third-order valence-electron chi connectivity index (χ3n) is 3.38. The second-order valence-electron chi connectivity index (χ2n) is 4.68. The molecular weight excluding hydrogens is 292 g/mol. The van der Waals surface area contributed by atoms with Crippen molar-refractivity contribution in [3.8, 4) is 0 Å². The third-order valence-corrected chi connectivity index (χ3v) is 4.90. The van der Waals surface area contributed by atoms with E-state index in [0.717, 1.165) is 0 Å². The summed E-state index contributed by atoms with van der Waals surface area (Å²) < 4.78 is 32.1. The van der Waals surface area contributed by atoms with Gasteiger partial charge < -0.3 is 10.1 Å². The Labute approximate surface area is 122 Å². The summed E-state index contributed by atoms with van der Waals surface area (Å²) in [5.74, 6) is -0.211. The molecular formula is C14H14N2O4S. The highest BCUT2D eigenvalue weighted by Gasteiger charge is 2.25. The zero-order chi connectivity index (χ0) is 15.0. The molecule has 1 heterocycles. The molecule has 1 amide bonds. The minimum Gasteiger partial charge on any atom is -0.383 e. The predicted octanol–water partition coefficient (Wildman–Crippen LogP) is 1.33. The molecule has 0 saturated heterocycles. The predicted molar refractivity (Wildman–Crippen MR) is 79.0 cm³/mol. The van der Waals surface area contributed by atoms with Gasteiger partial charge in [-0.15, -0.1) is 0 Å². The Morgan fingerprint density at radius 1 is 1.24 bits per heavy atom. The van der Waals surface area contributed by atoms with Crippen LogP contribution in [-0.2, 0) is 14.8 Å². The quantitative estimate of drug-likeness (QED) is 0.816. The smallest absolute Gasteiger partial charge is 0.256 e. The van der Waals surface area contributed by atoms with Gasteiger partial charge in [0.25, 0.3) is 5.91 Å². The maximum Gasteiger partial charge on any atom is 0.256 e. The average molecular weight is 306 g/mol. The summed E-state index contributed by atoms with van der Waals surface area (Å²) in [5.41, 5.74) is 1.14.